The number of nitriles is 1. The number of sulfone groups is 1. The van der Waals surface area contributed by atoms with Gasteiger partial charge in [0.1, 0.15) is 41.6 Å². The smallest absolute Gasteiger partial charge is 0.346 e. The van der Waals surface area contributed by atoms with Gasteiger partial charge in [0, 0.05) is 17.6 Å². The summed E-state index contributed by atoms with van der Waals surface area (Å²) >= 11 is 6.34. The Morgan fingerprint density at radius 2 is 2.02 bits per heavy atom. The Bertz CT molecular complexity index is 1540. The van der Waals surface area contributed by atoms with Crippen LogP contribution in [0.25, 0.3) is 11.0 Å². The average Bonchev–Trinajstić information content (AvgIpc) is 3.64. The Kier molecular flexibility index (Phi) is 10.4. The first-order valence-electron chi connectivity index (χ1n) is 13.6. The number of ether oxygens (including phenoxy) is 2. The summed E-state index contributed by atoms with van der Waals surface area (Å²) in [6.45, 7) is 2.34. The number of pyridine rings is 1. The Morgan fingerprint density at radius 1 is 1.35 bits per heavy atom. The van der Waals surface area contributed by atoms with E-state index in [4.69, 9.17) is 22.1 Å². The van der Waals surface area contributed by atoms with Gasteiger partial charge >= 0.3 is 13.6 Å². The van der Waals surface area contributed by atoms with E-state index in [-0.39, 0.29) is 28.3 Å². The van der Waals surface area contributed by atoms with Crippen molar-refractivity contribution < 1.29 is 46.9 Å². The molecule has 0 amide bonds. The zero-order valence-electron chi connectivity index (χ0n) is 23.5. The van der Waals surface area contributed by atoms with Gasteiger partial charge in [0.15, 0.2) is 26.7 Å². The first kappa shape index (κ1) is 33.6. The Hall–Kier alpha value is -2.32. The normalized spacial score (nSPS) is 25.1. The lowest BCUT2D eigenvalue weighted by atomic mass is 10.1. The van der Waals surface area contributed by atoms with Crippen molar-refractivity contribution >= 4 is 51.7 Å². The molecule has 1 aliphatic heterocycles. The number of aliphatic hydroxyl groups excluding tert-OH is 2. The number of aliphatic hydroxyl groups is 2. The zero-order chi connectivity index (χ0) is 31.7. The highest BCUT2D eigenvalue weighted by Gasteiger charge is 2.47. The van der Waals surface area contributed by atoms with E-state index in [9.17, 15) is 38.1 Å². The van der Waals surface area contributed by atoms with Crippen molar-refractivity contribution in [3.05, 3.63) is 23.0 Å². The minimum absolute atomic E-state index is 0.0850. The zero-order valence-corrected chi connectivity index (χ0v) is 26.0. The minimum atomic E-state index is -4.81. The van der Waals surface area contributed by atoms with Crippen molar-refractivity contribution in [1.29, 1.82) is 5.26 Å². The highest BCUT2D eigenvalue weighted by Crippen LogP contribution is 2.44. The third-order valence-electron chi connectivity index (χ3n) is 7.47. The number of carbonyl (C=O) groups is 1. The molecule has 0 radical (unpaired) electrons. The van der Waals surface area contributed by atoms with Crippen LogP contribution in [0.1, 0.15) is 51.3 Å². The number of halogens is 1. The number of anilines is 1. The van der Waals surface area contributed by atoms with E-state index < -0.39 is 72.0 Å². The third-order valence-corrected chi connectivity index (χ3v) is 12.0. The third kappa shape index (κ3) is 7.67. The second-order valence-electron chi connectivity index (χ2n) is 11.1. The van der Waals surface area contributed by atoms with Crippen LogP contribution in [0.4, 0.5) is 5.69 Å². The van der Waals surface area contributed by atoms with Crippen LogP contribution in [0.2, 0.25) is 5.15 Å². The molecule has 0 bridgehead atoms. The molecular formula is C25H35ClN5O10PS. The number of hydrogen-bond donors (Lipinski definition) is 5. The molecule has 2 aromatic heterocycles. The predicted octanol–water partition coefficient (Wildman–Crippen LogP) is 1.59. The van der Waals surface area contributed by atoms with Gasteiger partial charge in [-0.15, -0.1) is 0 Å². The predicted molar refractivity (Wildman–Crippen MR) is 155 cm³/mol. The van der Waals surface area contributed by atoms with Crippen molar-refractivity contribution in [1.82, 2.24) is 9.55 Å². The van der Waals surface area contributed by atoms with Crippen LogP contribution in [-0.4, -0.2) is 87.5 Å². The van der Waals surface area contributed by atoms with Crippen LogP contribution < -0.4 is 11.1 Å². The largest absolute Gasteiger partial charge is 0.437 e. The summed E-state index contributed by atoms with van der Waals surface area (Å²) in [6, 6.07) is 2.84. The summed E-state index contributed by atoms with van der Waals surface area (Å²) in [5.41, 5.74) is 5.12. The second kappa shape index (κ2) is 13.4. The molecular weight excluding hydrogens is 629 g/mol. The standard InChI is InChI=1S/C25H35ClN5O10PS/c1-13(2)18(28)25(34)39-11-40-42(35,36)12-43(37,38)10-17-20(32)21(33)24(41-17)31-8-7-15-19(29-14-5-3-4-6-14)16(9-27)22(26)30-23(15)31/h7-8,13-14,17-18,20-21,24,32-33H,3-6,10-12,28H2,1-2H3,(H,29,30)(H,35,36)/t17-,18+,20-,21-,24-/m1/s1. The van der Waals surface area contributed by atoms with E-state index in [1.165, 1.54) is 10.8 Å². The van der Waals surface area contributed by atoms with E-state index in [0.29, 0.717) is 11.1 Å². The van der Waals surface area contributed by atoms with Gasteiger partial charge in [-0.1, -0.05) is 38.3 Å². The Balaban J connectivity index is 1.47. The maximum atomic E-state index is 12.8. The number of nitrogens with one attached hydrogen (secondary N) is 1. The summed E-state index contributed by atoms with van der Waals surface area (Å²) in [6.07, 6.45) is -0.656. The van der Waals surface area contributed by atoms with E-state index >= 15 is 0 Å². The molecule has 2 fully saturated rings. The summed E-state index contributed by atoms with van der Waals surface area (Å²) < 4.78 is 54.4. The van der Waals surface area contributed by atoms with E-state index in [2.05, 4.69) is 25.6 Å². The number of fused-ring (bicyclic) bond motifs is 1. The summed E-state index contributed by atoms with van der Waals surface area (Å²) in [4.78, 5) is 26.1. The van der Waals surface area contributed by atoms with Crippen LogP contribution in [0.3, 0.4) is 0 Å². The number of carbonyl (C=O) groups excluding carboxylic acids is 1. The molecule has 1 saturated heterocycles. The summed E-state index contributed by atoms with van der Waals surface area (Å²) in [5.74, 6) is -2.10. The Labute approximate surface area is 253 Å². The maximum absolute atomic E-state index is 12.8. The van der Waals surface area contributed by atoms with Crippen molar-refractivity contribution in [3.63, 3.8) is 0 Å². The van der Waals surface area contributed by atoms with Gasteiger partial charge in [0.25, 0.3) is 0 Å². The number of esters is 1. The maximum Gasteiger partial charge on any atom is 0.346 e. The van der Waals surface area contributed by atoms with Gasteiger partial charge < -0.3 is 40.2 Å². The van der Waals surface area contributed by atoms with Gasteiger partial charge in [0.2, 0.25) is 6.79 Å². The number of nitrogens with two attached hydrogens (primary N) is 1. The molecule has 43 heavy (non-hydrogen) atoms. The molecule has 3 heterocycles. The van der Waals surface area contributed by atoms with Gasteiger partial charge in [-0.3, -0.25) is 13.9 Å². The molecule has 6 atom stereocenters. The monoisotopic (exact) mass is 663 g/mol. The molecule has 18 heteroatoms. The highest BCUT2D eigenvalue weighted by molar-refractivity contribution is 7.97. The van der Waals surface area contributed by atoms with Crippen LogP contribution in [-0.2, 0) is 33.2 Å². The summed E-state index contributed by atoms with van der Waals surface area (Å²) in [7, 11) is -9.23. The van der Waals surface area contributed by atoms with Gasteiger partial charge in [0.05, 0.1) is 11.4 Å². The molecule has 15 nitrogen and oxygen atoms in total. The molecule has 1 aliphatic carbocycles. The van der Waals surface area contributed by atoms with Gasteiger partial charge in [-0.05, 0) is 24.8 Å². The molecule has 2 aromatic rings. The lowest BCUT2D eigenvalue weighted by Gasteiger charge is -2.19. The minimum Gasteiger partial charge on any atom is -0.437 e. The van der Waals surface area contributed by atoms with E-state index in [0.717, 1.165) is 25.7 Å². The van der Waals surface area contributed by atoms with Gasteiger partial charge in [-0.25, -0.2) is 13.4 Å². The lowest BCUT2D eigenvalue weighted by molar-refractivity contribution is -0.153. The molecule has 0 aromatic carbocycles. The summed E-state index contributed by atoms with van der Waals surface area (Å²) in [5, 5.41) is 35.0. The van der Waals surface area contributed by atoms with Crippen LogP contribution >= 0.6 is 19.2 Å². The number of nitrogens with zero attached hydrogens (tertiary/aromatic N) is 3. The van der Waals surface area contributed by atoms with Crippen molar-refractivity contribution in [2.75, 3.05) is 23.4 Å². The second-order valence-corrected chi connectivity index (χ2v) is 15.8. The highest BCUT2D eigenvalue weighted by atomic mass is 35.5. The van der Waals surface area contributed by atoms with Crippen LogP contribution in [0.15, 0.2) is 12.3 Å². The fourth-order valence-corrected chi connectivity index (χ4v) is 9.01. The van der Waals surface area contributed by atoms with Crippen molar-refractivity contribution in [2.45, 2.75) is 76.2 Å². The molecule has 238 valence electrons. The van der Waals surface area contributed by atoms with E-state index in [1.807, 2.05) is 0 Å². The molecule has 1 unspecified atom stereocenters. The molecule has 1 saturated carbocycles. The lowest BCUT2D eigenvalue weighted by Crippen LogP contribution is -2.37. The molecule has 6 N–H and O–H groups in total. The first-order valence-corrected chi connectivity index (χ1v) is 17.6. The van der Waals surface area contributed by atoms with Crippen molar-refractivity contribution in [3.8, 4) is 6.07 Å². The van der Waals surface area contributed by atoms with E-state index in [1.54, 1.807) is 19.9 Å². The molecule has 0 spiro atoms. The number of aromatic nitrogens is 2. The fraction of sp³-hybridized carbons (Fsp3) is 0.640. The Morgan fingerprint density at radius 3 is 2.65 bits per heavy atom. The topological polar surface area (TPSA) is 236 Å². The van der Waals surface area contributed by atoms with Crippen LogP contribution in [0, 0.1) is 17.2 Å². The van der Waals surface area contributed by atoms with Crippen molar-refractivity contribution in [2.24, 2.45) is 11.7 Å². The quantitative estimate of drug-likeness (QED) is 0.0938. The number of rotatable bonds is 12. The SMILES string of the molecule is CC(C)[C@H](N)C(=O)OCOP(=O)(O)CS(=O)(=O)C[C@H]1O[C@@H](n2ccc3c(NC4CCCC4)c(C#N)c(Cl)nc32)[C@H](O)[C@@H]1O. The first-order chi connectivity index (χ1) is 20.1. The molecule has 4 rings (SSSR count). The molecule has 2 aliphatic rings. The van der Waals surface area contributed by atoms with Gasteiger partial charge in [-0.2, -0.15) is 5.26 Å². The average molecular weight is 664 g/mol. The van der Waals surface area contributed by atoms with Crippen LogP contribution in [0.5, 0.6) is 0 Å². The fourth-order valence-electron chi connectivity index (χ4n) is 5.09. The number of hydrogen-bond acceptors (Lipinski definition) is 13.